The monoisotopic (exact) mass is 380 g/mol. The van der Waals surface area contributed by atoms with E-state index < -0.39 is 6.10 Å². The summed E-state index contributed by atoms with van der Waals surface area (Å²) in [6, 6.07) is 15.2. The number of rotatable bonds is 6. The maximum atomic E-state index is 10.2. The Bertz CT molecular complexity index is 673. The van der Waals surface area contributed by atoms with Gasteiger partial charge in [0.1, 0.15) is 18.5 Å². The molecule has 1 aliphatic rings. The van der Waals surface area contributed by atoms with E-state index in [9.17, 15) is 5.11 Å². The summed E-state index contributed by atoms with van der Waals surface area (Å²) in [5.74, 6) is 0.607. The summed E-state index contributed by atoms with van der Waals surface area (Å²) in [6.07, 6.45) is -0.543. The summed E-state index contributed by atoms with van der Waals surface area (Å²) in [7, 11) is 0. The Hall–Kier alpha value is -1.46. The molecule has 1 fully saturated rings. The van der Waals surface area contributed by atoms with Crippen molar-refractivity contribution in [3.63, 3.8) is 0 Å². The van der Waals surface area contributed by atoms with Crippen LogP contribution in [0.3, 0.4) is 0 Å². The van der Waals surface area contributed by atoms with Gasteiger partial charge in [-0.25, -0.2) is 0 Å². The van der Waals surface area contributed by atoms with Crippen LogP contribution in [0.5, 0.6) is 5.75 Å². The van der Waals surface area contributed by atoms with Crippen LogP contribution in [0.1, 0.15) is 0 Å². The topological polar surface area (TPSA) is 35.9 Å². The lowest BCUT2D eigenvalue weighted by molar-refractivity contribution is 0.0663. The van der Waals surface area contributed by atoms with E-state index in [4.69, 9.17) is 27.9 Å². The number of aliphatic hydroxyl groups is 1. The maximum absolute atomic E-state index is 10.2. The fraction of sp³-hybridized carbons (Fsp3) is 0.368. The lowest BCUT2D eigenvalue weighted by atomic mass is 10.2. The molecule has 0 saturated carbocycles. The molecular weight excluding hydrogens is 359 g/mol. The van der Waals surface area contributed by atoms with Gasteiger partial charge < -0.3 is 14.7 Å². The predicted octanol–water partition coefficient (Wildman–Crippen LogP) is 3.56. The molecule has 4 nitrogen and oxygen atoms in total. The summed E-state index contributed by atoms with van der Waals surface area (Å²) in [4.78, 5) is 4.59. The van der Waals surface area contributed by atoms with Gasteiger partial charge in [-0.1, -0.05) is 35.3 Å². The molecule has 25 heavy (non-hydrogen) atoms. The van der Waals surface area contributed by atoms with E-state index in [0.29, 0.717) is 17.3 Å². The quantitative estimate of drug-likeness (QED) is 0.830. The Morgan fingerprint density at radius 3 is 2.32 bits per heavy atom. The zero-order valence-electron chi connectivity index (χ0n) is 13.9. The number of halogens is 2. The summed E-state index contributed by atoms with van der Waals surface area (Å²) < 4.78 is 5.61. The lowest BCUT2D eigenvalue weighted by Crippen LogP contribution is -2.49. The van der Waals surface area contributed by atoms with Crippen molar-refractivity contribution in [1.82, 2.24) is 4.90 Å². The van der Waals surface area contributed by atoms with Gasteiger partial charge in [-0.2, -0.15) is 0 Å². The van der Waals surface area contributed by atoms with Crippen molar-refractivity contribution < 1.29 is 9.84 Å². The number of benzene rings is 2. The Labute approximate surface area is 158 Å². The van der Waals surface area contributed by atoms with Crippen molar-refractivity contribution in [2.45, 2.75) is 6.10 Å². The van der Waals surface area contributed by atoms with E-state index in [2.05, 4.69) is 9.80 Å². The molecule has 0 bridgehead atoms. The lowest BCUT2D eigenvalue weighted by Gasteiger charge is -2.36. The Balaban J connectivity index is 1.42. The number of anilines is 1. The van der Waals surface area contributed by atoms with Crippen LogP contribution in [-0.2, 0) is 0 Å². The fourth-order valence-electron chi connectivity index (χ4n) is 2.94. The third-order valence-corrected chi connectivity index (χ3v) is 4.87. The molecule has 0 aromatic heterocycles. The molecule has 2 aromatic rings. The van der Waals surface area contributed by atoms with Crippen molar-refractivity contribution >= 4 is 28.9 Å². The first-order chi connectivity index (χ1) is 12.1. The van der Waals surface area contributed by atoms with Crippen molar-refractivity contribution in [3.8, 4) is 5.75 Å². The number of hydrogen-bond acceptors (Lipinski definition) is 4. The van der Waals surface area contributed by atoms with Crippen molar-refractivity contribution in [3.05, 3.63) is 58.6 Å². The molecule has 1 aliphatic heterocycles. The van der Waals surface area contributed by atoms with Gasteiger partial charge in [-0.3, -0.25) is 4.90 Å². The van der Waals surface area contributed by atoms with E-state index in [0.717, 1.165) is 31.2 Å². The molecule has 0 spiro atoms. The first-order valence-electron chi connectivity index (χ1n) is 8.40. The van der Waals surface area contributed by atoms with Gasteiger partial charge in [0.15, 0.2) is 0 Å². The molecule has 1 heterocycles. The van der Waals surface area contributed by atoms with Crippen LogP contribution in [0.2, 0.25) is 10.0 Å². The third-order valence-electron chi connectivity index (χ3n) is 4.30. The smallest absolute Gasteiger partial charge is 0.138 e. The summed E-state index contributed by atoms with van der Waals surface area (Å²) in [5, 5.41) is 11.5. The largest absolute Gasteiger partial charge is 0.489 e. The zero-order valence-corrected chi connectivity index (χ0v) is 15.5. The molecule has 0 unspecified atom stereocenters. The molecule has 0 amide bonds. The molecule has 1 N–H and O–H groups in total. The summed E-state index contributed by atoms with van der Waals surface area (Å²) >= 11 is 12.0. The van der Waals surface area contributed by atoms with Crippen LogP contribution >= 0.6 is 23.2 Å². The van der Waals surface area contributed by atoms with E-state index in [1.165, 1.54) is 5.69 Å². The van der Waals surface area contributed by atoms with E-state index in [-0.39, 0.29) is 6.61 Å². The molecule has 2 aromatic carbocycles. The second-order valence-corrected chi connectivity index (χ2v) is 7.00. The highest BCUT2D eigenvalue weighted by Crippen LogP contribution is 2.23. The summed E-state index contributed by atoms with van der Waals surface area (Å²) in [5.41, 5.74) is 1.19. The molecule has 0 radical (unpaired) electrons. The van der Waals surface area contributed by atoms with Gasteiger partial charge in [0.25, 0.3) is 0 Å². The van der Waals surface area contributed by atoms with E-state index in [1.807, 2.05) is 36.4 Å². The minimum absolute atomic E-state index is 0.237. The van der Waals surface area contributed by atoms with Gasteiger partial charge in [-0.15, -0.1) is 0 Å². The average Bonchev–Trinajstić information content (AvgIpc) is 2.62. The van der Waals surface area contributed by atoms with Crippen LogP contribution in [0.4, 0.5) is 5.69 Å². The van der Waals surface area contributed by atoms with Crippen molar-refractivity contribution in [1.29, 1.82) is 0 Å². The Morgan fingerprint density at radius 1 is 0.960 bits per heavy atom. The van der Waals surface area contributed by atoms with Gasteiger partial charge in [0.2, 0.25) is 0 Å². The number of β-amino-alcohol motifs (C(OH)–C–C–N with tert-alkyl or cyclic N) is 1. The van der Waals surface area contributed by atoms with Crippen LogP contribution in [0, 0.1) is 0 Å². The second kappa shape index (κ2) is 8.77. The number of hydrogen-bond donors (Lipinski definition) is 1. The third kappa shape index (κ3) is 5.25. The first kappa shape index (κ1) is 18.3. The van der Waals surface area contributed by atoms with Crippen LogP contribution in [0.15, 0.2) is 48.5 Å². The normalized spacial score (nSPS) is 16.7. The number of para-hydroxylation sites is 1. The minimum atomic E-state index is -0.543. The highest BCUT2D eigenvalue weighted by atomic mass is 35.5. The Kier molecular flexibility index (Phi) is 6.43. The molecule has 1 atom stereocenters. The molecule has 1 saturated heterocycles. The zero-order chi connectivity index (χ0) is 17.6. The minimum Gasteiger partial charge on any atom is -0.489 e. The Morgan fingerprint density at radius 2 is 1.64 bits per heavy atom. The maximum Gasteiger partial charge on any atom is 0.138 e. The number of nitrogens with zero attached hydrogens (tertiary/aromatic N) is 2. The van der Waals surface area contributed by atoms with Gasteiger partial charge in [-0.05, 0) is 36.4 Å². The molecule has 0 aliphatic carbocycles. The van der Waals surface area contributed by atoms with Gasteiger partial charge >= 0.3 is 0 Å². The van der Waals surface area contributed by atoms with Crippen molar-refractivity contribution in [2.24, 2.45) is 0 Å². The predicted molar refractivity (Wildman–Crippen MR) is 103 cm³/mol. The first-order valence-corrected chi connectivity index (χ1v) is 9.15. The second-order valence-electron chi connectivity index (χ2n) is 6.16. The highest BCUT2D eigenvalue weighted by Gasteiger charge is 2.20. The van der Waals surface area contributed by atoms with Crippen LogP contribution in [0.25, 0.3) is 0 Å². The molecule has 3 rings (SSSR count). The van der Waals surface area contributed by atoms with Crippen LogP contribution < -0.4 is 9.64 Å². The molecular formula is C19H22Cl2N2O2. The summed E-state index contributed by atoms with van der Waals surface area (Å²) in [6.45, 7) is 4.51. The standard InChI is InChI=1S/C19H22Cl2N2O2/c20-15-5-7-16(8-6-15)23-11-9-22(10-12-23)13-17(24)14-25-19-4-2-1-3-18(19)21/h1-8,17,24H,9-14H2/t17-/m1/s1. The van der Waals surface area contributed by atoms with Crippen molar-refractivity contribution in [2.75, 3.05) is 44.2 Å². The fourth-order valence-corrected chi connectivity index (χ4v) is 3.26. The average molecular weight is 381 g/mol. The van der Waals surface area contributed by atoms with Gasteiger partial charge in [0.05, 0.1) is 5.02 Å². The number of ether oxygens (including phenoxy) is 1. The van der Waals surface area contributed by atoms with E-state index in [1.54, 1.807) is 12.1 Å². The number of piperazine rings is 1. The van der Waals surface area contributed by atoms with Gasteiger partial charge in [0, 0.05) is 43.4 Å². The van der Waals surface area contributed by atoms with E-state index >= 15 is 0 Å². The highest BCUT2D eigenvalue weighted by molar-refractivity contribution is 6.32. The molecule has 6 heteroatoms. The number of aliphatic hydroxyl groups excluding tert-OH is 1. The van der Waals surface area contributed by atoms with Crippen LogP contribution in [-0.4, -0.2) is 55.4 Å². The molecule has 134 valence electrons. The SMILES string of the molecule is O[C@@H](COc1ccccc1Cl)CN1CCN(c2ccc(Cl)cc2)CC1.